The Kier molecular flexibility index (Phi) is 5.05. The monoisotopic (exact) mass is 265 g/mol. The molecule has 1 unspecified atom stereocenters. The van der Waals surface area contributed by atoms with Crippen LogP contribution in [0.25, 0.3) is 0 Å². The minimum Gasteiger partial charge on any atom is -0.480 e. The summed E-state index contributed by atoms with van der Waals surface area (Å²) in [5.41, 5.74) is 0.231. The third-order valence-electron chi connectivity index (χ3n) is 2.59. The van der Waals surface area contributed by atoms with E-state index in [0.29, 0.717) is 0 Å². The highest BCUT2D eigenvalue weighted by Crippen LogP contribution is 2.06. The lowest BCUT2D eigenvalue weighted by atomic mass is 10.2. The number of carbonyl (C=O) groups is 3. The van der Waals surface area contributed by atoms with Crippen molar-refractivity contribution < 1.29 is 24.2 Å². The Bertz CT molecular complexity index is 471. The molecule has 0 fully saturated rings. The van der Waals surface area contributed by atoms with Crippen molar-refractivity contribution in [1.82, 2.24) is 4.90 Å². The quantitative estimate of drug-likeness (QED) is 0.662. The maximum absolute atomic E-state index is 11.7. The summed E-state index contributed by atoms with van der Waals surface area (Å²) in [4.78, 5) is 35.2. The van der Waals surface area contributed by atoms with Gasteiger partial charge in [-0.1, -0.05) is 18.2 Å². The lowest BCUT2D eigenvalue weighted by Gasteiger charge is -2.23. The van der Waals surface area contributed by atoms with E-state index in [1.807, 2.05) is 0 Å². The van der Waals surface area contributed by atoms with Crippen LogP contribution in [0.5, 0.6) is 0 Å². The maximum atomic E-state index is 11.7. The first-order chi connectivity index (χ1) is 8.97. The highest BCUT2D eigenvalue weighted by Gasteiger charge is 2.27. The molecule has 0 bridgehead atoms. The van der Waals surface area contributed by atoms with Crippen molar-refractivity contribution in [1.29, 1.82) is 0 Å². The van der Waals surface area contributed by atoms with Gasteiger partial charge >= 0.3 is 18.0 Å². The van der Waals surface area contributed by atoms with E-state index in [2.05, 4.69) is 4.74 Å². The van der Waals surface area contributed by atoms with Crippen LogP contribution in [0.15, 0.2) is 30.3 Å². The molecule has 1 aromatic carbocycles. The summed E-state index contributed by atoms with van der Waals surface area (Å²) in [5.74, 6) is -1.97. The van der Waals surface area contributed by atoms with Gasteiger partial charge in [0, 0.05) is 6.54 Å². The van der Waals surface area contributed by atoms with E-state index < -0.39 is 24.1 Å². The molecule has 0 heterocycles. The lowest BCUT2D eigenvalue weighted by Crippen LogP contribution is -2.44. The second-order valence-electron chi connectivity index (χ2n) is 3.82. The summed E-state index contributed by atoms with van der Waals surface area (Å²) in [5, 5.41) is 8.85. The maximum Gasteiger partial charge on any atom is 0.418 e. The minimum atomic E-state index is -1.16. The molecule has 6 nitrogen and oxygen atoms in total. The predicted molar refractivity (Wildman–Crippen MR) is 66.7 cm³/mol. The number of amides is 1. The Morgan fingerprint density at radius 3 is 2.32 bits per heavy atom. The Hall–Kier alpha value is -2.37. The predicted octanol–water partition coefficient (Wildman–Crippen LogP) is 1.76. The molecule has 0 aliphatic carbocycles. The van der Waals surface area contributed by atoms with E-state index in [0.717, 1.165) is 4.90 Å². The third-order valence-corrected chi connectivity index (χ3v) is 2.59. The van der Waals surface area contributed by atoms with Crippen molar-refractivity contribution in [2.24, 2.45) is 0 Å². The highest BCUT2D eigenvalue weighted by molar-refractivity contribution is 5.97. The number of ether oxygens (including phenoxy) is 1. The fraction of sp³-hybridized carbons (Fsp3) is 0.308. The van der Waals surface area contributed by atoms with Crippen LogP contribution in [-0.4, -0.2) is 40.6 Å². The average Bonchev–Trinajstić information content (AvgIpc) is 2.40. The van der Waals surface area contributed by atoms with Crippen LogP contribution in [0.1, 0.15) is 24.2 Å². The Morgan fingerprint density at radius 2 is 1.84 bits per heavy atom. The summed E-state index contributed by atoms with van der Waals surface area (Å²) in [7, 11) is 0. The molecule has 1 atom stereocenters. The Morgan fingerprint density at radius 1 is 1.26 bits per heavy atom. The molecular weight excluding hydrogens is 250 g/mol. The van der Waals surface area contributed by atoms with Gasteiger partial charge in [-0.05, 0) is 26.0 Å². The fourth-order valence-electron chi connectivity index (χ4n) is 1.47. The van der Waals surface area contributed by atoms with Gasteiger partial charge in [0.25, 0.3) is 0 Å². The van der Waals surface area contributed by atoms with E-state index >= 15 is 0 Å². The normalized spacial score (nSPS) is 11.5. The highest BCUT2D eigenvalue weighted by atomic mass is 16.6. The first kappa shape index (κ1) is 14.7. The molecule has 1 rings (SSSR count). The molecule has 0 radical (unpaired) electrons. The molecule has 6 heteroatoms. The number of hydrogen-bond acceptors (Lipinski definition) is 4. The van der Waals surface area contributed by atoms with Crippen molar-refractivity contribution in [3.05, 3.63) is 35.9 Å². The zero-order valence-corrected chi connectivity index (χ0v) is 10.7. The number of carbonyl (C=O) groups excluding carboxylic acids is 2. The molecular formula is C13H15NO5. The van der Waals surface area contributed by atoms with Crippen LogP contribution in [0.4, 0.5) is 4.79 Å². The van der Waals surface area contributed by atoms with Crippen LogP contribution in [0.2, 0.25) is 0 Å². The third kappa shape index (κ3) is 3.80. The van der Waals surface area contributed by atoms with Gasteiger partial charge in [-0.25, -0.2) is 14.4 Å². The summed E-state index contributed by atoms with van der Waals surface area (Å²) in [6.07, 6.45) is -0.966. The summed E-state index contributed by atoms with van der Waals surface area (Å²) in [6.45, 7) is 3.09. The standard InChI is InChI=1S/C13H15NO5/c1-3-14(9(2)11(15)16)13(18)19-12(17)10-7-5-4-6-8-10/h4-9H,3H2,1-2H3,(H,15,16). The van der Waals surface area contributed by atoms with Gasteiger partial charge in [0.1, 0.15) is 6.04 Å². The molecule has 0 saturated heterocycles. The lowest BCUT2D eigenvalue weighted by molar-refractivity contribution is -0.141. The Labute approximate surface area is 110 Å². The number of hydrogen-bond donors (Lipinski definition) is 1. The number of likely N-dealkylation sites (N-methyl/N-ethyl adjacent to an activating group) is 1. The van der Waals surface area contributed by atoms with Crippen molar-refractivity contribution >= 4 is 18.0 Å². The smallest absolute Gasteiger partial charge is 0.418 e. The SMILES string of the molecule is CCN(C(=O)OC(=O)c1ccccc1)C(C)C(=O)O. The molecule has 0 aromatic heterocycles. The fourth-order valence-corrected chi connectivity index (χ4v) is 1.47. The average molecular weight is 265 g/mol. The van der Waals surface area contributed by atoms with Gasteiger partial charge < -0.3 is 9.84 Å². The second kappa shape index (κ2) is 6.53. The van der Waals surface area contributed by atoms with Gasteiger partial charge in [0.15, 0.2) is 0 Å². The van der Waals surface area contributed by atoms with E-state index in [4.69, 9.17) is 5.11 Å². The van der Waals surface area contributed by atoms with Crippen LogP contribution in [0, 0.1) is 0 Å². The number of benzene rings is 1. The molecule has 1 N–H and O–H groups in total. The zero-order chi connectivity index (χ0) is 14.4. The largest absolute Gasteiger partial charge is 0.480 e. The number of carboxylic acids is 1. The first-order valence-electron chi connectivity index (χ1n) is 5.78. The van der Waals surface area contributed by atoms with E-state index in [-0.39, 0.29) is 12.1 Å². The molecule has 1 amide bonds. The summed E-state index contributed by atoms with van der Waals surface area (Å²) in [6, 6.07) is 6.96. The molecule has 19 heavy (non-hydrogen) atoms. The first-order valence-corrected chi connectivity index (χ1v) is 5.78. The molecule has 0 spiro atoms. The van der Waals surface area contributed by atoms with E-state index in [9.17, 15) is 14.4 Å². The van der Waals surface area contributed by atoms with Crippen molar-refractivity contribution in [2.45, 2.75) is 19.9 Å². The summed E-state index contributed by atoms with van der Waals surface area (Å²) >= 11 is 0. The minimum absolute atomic E-state index is 0.133. The number of carboxylic acid groups (broad SMARTS) is 1. The molecule has 1 aromatic rings. The van der Waals surface area contributed by atoms with Crippen LogP contribution < -0.4 is 0 Å². The number of aliphatic carboxylic acids is 1. The van der Waals surface area contributed by atoms with Crippen LogP contribution >= 0.6 is 0 Å². The van der Waals surface area contributed by atoms with Gasteiger partial charge in [0.2, 0.25) is 0 Å². The van der Waals surface area contributed by atoms with E-state index in [1.165, 1.54) is 19.1 Å². The molecule has 0 aliphatic rings. The van der Waals surface area contributed by atoms with Crippen molar-refractivity contribution in [3.63, 3.8) is 0 Å². The number of esters is 1. The summed E-state index contributed by atoms with van der Waals surface area (Å²) < 4.78 is 4.65. The Balaban J connectivity index is 2.73. The van der Waals surface area contributed by atoms with Crippen LogP contribution in [0.3, 0.4) is 0 Å². The topological polar surface area (TPSA) is 83.9 Å². The van der Waals surface area contributed by atoms with Gasteiger partial charge in [0.05, 0.1) is 5.56 Å². The van der Waals surface area contributed by atoms with E-state index in [1.54, 1.807) is 25.1 Å². The number of nitrogens with zero attached hydrogens (tertiary/aromatic N) is 1. The van der Waals surface area contributed by atoms with Crippen molar-refractivity contribution in [3.8, 4) is 0 Å². The zero-order valence-electron chi connectivity index (χ0n) is 10.7. The van der Waals surface area contributed by atoms with Gasteiger partial charge in [-0.15, -0.1) is 0 Å². The van der Waals surface area contributed by atoms with Gasteiger partial charge in [-0.2, -0.15) is 0 Å². The molecule has 0 saturated carbocycles. The molecule has 102 valence electrons. The van der Waals surface area contributed by atoms with Gasteiger partial charge in [-0.3, -0.25) is 4.90 Å². The van der Waals surface area contributed by atoms with Crippen LogP contribution in [-0.2, 0) is 9.53 Å². The second-order valence-corrected chi connectivity index (χ2v) is 3.82. The molecule has 0 aliphatic heterocycles. The van der Waals surface area contributed by atoms with Crippen molar-refractivity contribution in [2.75, 3.05) is 6.54 Å². The number of rotatable bonds is 4.